The molecule has 136 valence electrons. The molecule has 4 rings (SSSR count). The van der Waals surface area contributed by atoms with Crippen LogP contribution in [0.25, 0.3) is 22.3 Å². The van der Waals surface area contributed by atoms with Gasteiger partial charge in [0.05, 0.1) is 11.1 Å². The predicted octanol–water partition coefficient (Wildman–Crippen LogP) is 6.04. The molecule has 0 aliphatic carbocycles. The summed E-state index contributed by atoms with van der Waals surface area (Å²) in [5.41, 5.74) is 6.80. The van der Waals surface area contributed by atoms with Gasteiger partial charge in [0.1, 0.15) is 17.8 Å². The summed E-state index contributed by atoms with van der Waals surface area (Å²) in [6, 6.07) is 19.4. The molecule has 0 saturated heterocycles. The molecule has 0 spiro atoms. The number of benzene rings is 2. The molecule has 0 amide bonds. The number of aryl methyl sites for hydroxylation is 2. The van der Waals surface area contributed by atoms with E-state index >= 15 is 0 Å². The molecule has 0 saturated carbocycles. The van der Waals surface area contributed by atoms with Gasteiger partial charge >= 0.3 is 0 Å². The maximum atomic E-state index is 4.60. The quantitative estimate of drug-likeness (QED) is 0.485. The lowest BCUT2D eigenvalue weighted by molar-refractivity contribution is 0.623. The minimum atomic E-state index is 0.292. The molecule has 1 N–H and O–H groups in total. The number of hydrogen-bond donors (Lipinski definition) is 1. The van der Waals surface area contributed by atoms with Crippen molar-refractivity contribution in [3.05, 3.63) is 72.1 Å². The van der Waals surface area contributed by atoms with Crippen molar-refractivity contribution < 1.29 is 0 Å². The number of nitrogens with zero attached hydrogens (tertiary/aromatic N) is 3. The van der Waals surface area contributed by atoms with Crippen molar-refractivity contribution in [3.8, 4) is 11.3 Å². The Kier molecular flexibility index (Phi) is 4.40. The third-order valence-corrected chi connectivity index (χ3v) is 4.78. The van der Waals surface area contributed by atoms with Crippen molar-refractivity contribution in [1.82, 2.24) is 14.5 Å². The Morgan fingerprint density at radius 3 is 2.37 bits per heavy atom. The summed E-state index contributed by atoms with van der Waals surface area (Å²) < 4.78 is 2.28. The summed E-state index contributed by atoms with van der Waals surface area (Å²) in [6.07, 6.45) is 1.64. The van der Waals surface area contributed by atoms with E-state index in [0.29, 0.717) is 6.04 Å². The molecule has 0 aliphatic rings. The van der Waals surface area contributed by atoms with Crippen molar-refractivity contribution in [3.63, 3.8) is 0 Å². The lowest BCUT2D eigenvalue weighted by atomic mass is 10.1. The van der Waals surface area contributed by atoms with Gasteiger partial charge in [0.2, 0.25) is 0 Å². The standard InChI is InChI=1S/C23H24N4/c1-15(2)27-21(18-10-8-16(3)9-11-18)13-20-22(24-14-25-23(20)27)26-19-7-5-6-17(4)12-19/h5-15H,1-4H3,(H,24,25,26). The second-order valence-corrected chi connectivity index (χ2v) is 7.31. The van der Waals surface area contributed by atoms with Gasteiger partial charge in [0, 0.05) is 11.7 Å². The SMILES string of the molecule is Cc1ccc(-c2cc3c(Nc4cccc(C)c4)ncnc3n2C(C)C)cc1. The highest BCUT2D eigenvalue weighted by molar-refractivity contribution is 5.93. The third kappa shape index (κ3) is 3.31. The van der Waals surface area contributed by atoms with Crippen LogP contribution in [0.1, 0.15) is 31.0 Å². The van der Waals surface area contributed by atoms with Crippen molar-refractivity contribution in [2.45, 2.75) is 33.7 Å². The highest BCUT2D eigenvalue weighted by Crippen LogP contribution is 2.34. The molecule has 4 aromatic rings. The maximum Gasteiger partial charge on any atom is 0.146 e. The minimum absolute atomic E-state index is 0.292. The number of aromatic nitrogens is 3. The van der Waals surface area contributed by atoms with E-state index in [1.807, 2.05) is 6.07 Å². The number of fused-ring (bicyclic) bond motifs is 1. The van der Waals surface area contributed by atoms with Gasteiger partial charge in [0.25, 0.3) is 0 Å². The molecule has 0 atom stereocenters. The highest BCUT2D eigenvalue weighted by atomic mass is 15.1. The van der Waals surface area contributed by atoms with Gasteiger partial charge in [0.15, 0.2) is 0 Å². The van der Waals surface area contributed by atoms with Crippen molar-refractivity contribution >= 4 is 22.5 Å². The second kappa shape index (κ2) is 6.88. The third-order valence-electron chi connectivity index (χ3n) is 4.78. The summed E-state index contributed by atoms with van der Waals surface area (Å²) in [6.45, 7) is 8.57. The number of hydrogen-bond acceptors (Lipinski definition) is 3. The molecule has 0 bridgehead atoms. The molecule has 0 fully saturated rings. The molecule has 2 aromatic heterocycles. The van der Waals surface area contributed by atoms with Gasteiger partial charge < -0.3 is 9.88 Å². The van der Waals surface area contributed by atoms with E-state index in [0.717, 1.165) is 28.2 Å². The van der Waals surface area contributed by atoms with Crippen LogP contribution in [0, 0.1) is 13.8 Å². The fourth-order valence-corrected chi connectivity index (χ4v) is 3.46. The number of rotatable bonds is 4. The summed E-state index contributed by atoms with van der Waals surface area (Å²) in [5, 5.41) is 4.49. The Labute approximate surface area is 159 Å². The smallest absolute Gasteiger partial charge is 0.146 e. The predicted molar refractivity (Wildman–Crippen MR) is 113 cm³/mol. The van der Waals surface area contributed by atoms with E-state index < -0.39 is 0 Å². The van der Waals surface area contributed by atoms with Crippen LogP contribution in [0.15, 0.2) is 60.9 Å². The Morgan fingerprint density at radius 1 is 0.889 bits per heavy atom. The van der Waals surface area contributed by atoms with E-state index in [1.54, 1.807) is 6.33 Å². The molecule has 4 heteroatoms. The van der Waals surface area contributed by atoms with Crippen LogP contribution in [0.3, 0.4) is 0 Å². The van der Waals surface area contributed by atoms with Crippen LogP contribution in [0.4, 0.5) is 11.5 Å². The lowest BCUT2D eigenvalue weighted by Gasteiger charge is -2.14. The monoisotopic (exact) mass is 356 g/mol. The van der Waals surface area contributed by atoms with Crippen molar-refractivity contribution in [1.29, 1.82) is 0 Å². The largest absolute Gasteiger partial charge is 0.340 e. The van der Waals surface area contributed by atoms with Crippen molar-refractivity contribution in [2.24, 2.45) is 0 Å². The van der Waals surface area contributed by atoms with Crippen LogP contribution in [0.5, 0.6) is 0 Å². The first kappa shape index (κ1) is 17.3. The molecule has 0 radical (unpaired) electrons. The maximum absolute atomic E-state index is 4.60. The summed E-state index contributed by atoms with van der Waals surface area (Å²) in [5.74, 6) is 0.832. The molecular weight excluding hydrogens is 332 g/mol. The molecule has 4 nitrogen and oxygen atoms in total. The number of anilines is 2. The van der Waals surface area contributed by atoms with Gasteiger partial charge in [-0.3, -0.25) is 0 Å². The Morgan fingerprint density at radius 2 is 1.67 bits per heavy atom. The van der Waals surface area contributed by atoms with Gasteiger partial charge in [-0.2, -0.15) is 0 Å². The van der Waals surface area contributed by atoms with E-state index in [-0.39, 0.29) is 0 Å². The Balaban J connectivity index is 1.88. The Hall–Kier alpha value is -3.14. The summed E-state index contributed by atoms with van der Waals surface area (Å²) in [4.78, 5) is 9.12. The zero-order chi connectivity index (χ0) is 19.0. The average Bonchev–Trinajstić information content (AvgIpc) is 3.03. The molecule has 27 heavy (non-hydrogen) atoms. The highest BCUT2D eigenvalue weighted by Gasteiger charge is 2.17. The normalized spacial score (nSPS) is 11.3. The second-order valence-electron chi connectivity index (χ2n) is 7.31. The molecule has 2 aromatic carbocycles. The fraction of sp³-hybridized carbons (Fsp3) is 0.217. The van der Waals surface area contributed by atoms with Crippen LogP contribution in [-0.4, -0.2) is 14.5 Å². The first-order valence-electron chi connectivity index (χ1n) is 9.29. The van der Waals surface area contributed by atoms with Crippen LogP contribution in [0.2, 0.25) is 0 Å². The van der Waals surface area contributed by atoms with Gasteiger partial charge in [-0.25, -0.2) is 9.97 Å². The van der Waals surface area contributed by atoms with Crippen LogP contribution < -0.4 is 5.32 Å². The molecule has 2 heterocycles. The zero-order valence-electron chi connectivity index (χ0n) is 16.2. The number of nitrogens with one attached hydrogen (secondary N) is 1. The van der Waals surface area contributed by atoms with Gasteiger partial charge in [-0.1, -0.05) is 42.0 Å². The molecule has 0 aliphatic heterocycles. The van der Waals surface area contributed by atoms with Crippen molar-refractivity contribution in [2.75, 3.05) is 5.32 Å². The Bertz CT molecular complexity index is 1090. The van der Waals surface area contributed by atoms with Gasteiger partial charge in [-0.05, 0) is 57.0 Å². The van der Waals surface area contributed by atoms with E-state index in [1.165, 1.54) is 16.7 Å². The average molecular weight is 356 g/mol. The van der Waals surface area contributed by atoms with Gasteiger partial charge in [-0.15, -0.1) is 0 Å². The first-order valence-corrected chi connectivity index (χ1v) is 9.29. The zero-order valence-corrected chi connectivity index (χ0v) is 16.2. The van der Waals surface area contributed by atoms with Crippen LogP contribution in [-0.2, 0) is 0 Å². The fourth-order valence-electron chi connectivity index (χ4n) is 3.46. The first-order chi connectivity index (χ1) is 13.0. The van der Waals surface area contributed by atoms with Crippen LogP contribution >= 0.6 is 0 Å². The lowest BCUT2D eigenvalue weighted by Crippen LogP contribution is -2.04. The summed E-state index contributed by atoms with van der Waals surface area (Å²) >= 11 is 0. The topological polar surface area (TPSA) is 42.7 Å². The molecular formula is C23H24N4. The summed E-state index contributed by atoms with van der Waals surface area (Å²) in [7, 11) is 0. The van der Waals surface area contributed by atoms with E-state index in [9.17, 15) is 0 Å². The van der Waals surface area contributed by atoms with E-state index in [2.05, 4.69) is 96.1 Å². The van der Waals surface area contributed by atoms with E-state index in [4.69, 9.17) is 0 Å². The minimum Gasteiger partial charge on any atom is -0.340 e. The molecule has 0 unspecified atom stereocenters.